The first-order chi connectivity index (χ1) is 21.1. The summed E-state index contributed by atoms with van der Waals surface area (Å²) in [7, 11) is 2.52. The van der Waals surface area contributed by atoms with Crippen LogP contribution in [-0.2, 0) is 25.6 Å². The van der Waals surface area contributed by atoms with Gasteiger partial charge in [-0.15, -0.1) is 0 Å². The smallest absolute Gasteiger partial charge is 0.337 e. The van der Waals surface area contributed by atoms with Gasteiger partial charge in [0, 0.05) is 42.0 Å². The quantitative estimate of drug-likeness (QED) is 0.270. The van der Waals surface area contributed by atoms with E-state index in [2.05, 4.69) is 36.0 Å². The number of rotatable bonds is 7. The molecule has 0 aliphatic carbocycles. The lowest BCUT2D eigenvalue weighted by Crippen LogP contribution is -2.33. The predicted octanol–water partition coefficient (Wildman–Crippen LogP) is 5.72. The van der Waals surface area contributed by atoms with Crippen LogP contribution in [0.5, 0.6) is 0 Å². The highest BCUT2D eigenvalue weighted by atomic mass is 16.5. The first-order valence-electron chi connectivity index (χ1n) is 14.5. The Morgan fingerprint density at radius 2 is 1.73 bits per heavy atom. The summed E-state index contributed by atoms with van der Waals surface area (Å²) in [5.41, 5.74) is 4.65. The van der Waals surface area contributed by atoms with Crippen molar-refractivity contribution in [2.24, 2.45) is 5.92 Å². The lowest BCUT2D eigenvalue weighted by Gasteiger charge is -2.17. The normalized spacial score (nSPS) is 15.8. The van der Waals surface area contributed by atoms with Crippen LogP contribution in [0.15, 0.2) is 70.4 Å². The number of anilines is 1. The van der Waals surface area contributed by atoms with E-state index in [0.29, 0.717) is 34.3 Å². The van der Waals surface area contributed by atoms with Crippen molar-refractivity contribution in [1.29, 1.82) is 0 Å². The number of amides is 2. The lowest BCUT2D eigenvalue weighted by atomic mass is 9.88. The second kappa shape index (κ2) is 11.2. The molecule has 4 aromatic rings. The highest BCUT2D eigenvalue weighted by Gasteiger charge is 2.43. The highest BCUT2D eigenvalue weighted by molar-refractivity contribution is 6.11. The number of hydrogen-bond acceptors (Lipinski definition) is 8. The van der Waals surface area contributed by atoms with Gasteiger partial charge in [-0.05, 0) is 60.4 Å². The van der Waals surface area contributed by atoms with Gasteiger partial charge in [0.1, 0.15) is 11.5 Å². The minimum atomic E-state index is -0.626. The number of benzene rings is 2. The Morgan fingerprint density at radius 1 is 1.02 bits per heavy atom. The van der Waals surface area contributed by atoms with Crippen molar-refractivity contribution >= 4 is 40.3 Å². The van der Waals surface area contributed by atoms with Gasteiger partial charge in [0.05, 0.1) is 48.9 Å². The van der Waals surface area contributed by atoms with Gasteiger partial charge in [-0.25, -0.2) is 9.59 Å². The van der Waals surface area contributed by atoms with Crippen LogP contribution in [-0.4, -0.2) is 54.0 Å². The fourth-order valence-corrected chi connectivity index (χ4v) is 6.06. The summed E-state index contributed by atoms with van der Waals surface area (Å²) in [6, 6.07) is 14.1. The fourth-order valence-electron chi connectivity index (χ4n) is 6.06. The van der Waals surface area contributed by atoms with Crippen molar-refractivity contribution in [2.45, 2.75) is 39.7 Å². The van der Waals surface area contributed by atoms with Crippen LogP contribution in [0.1, 0.15) is 65.1 Å². The van der Waals surface area contributed by atoms with Crippen LogP contribution >= 0.6 is 0 Å². The van der Waals surface area contributed by atoms with Gasteiger partial charge in [-0.1, -0.05) is 19.9 Å². The van der Waals surface area contributed by atoms with Gasteiger partial charge in [0.2, 0.25) is 5.91 Å². The van der Waals surface area contributed by atoms with Crippen molar-refractivity contribution in [1.82, 2.24) is 9.47 Å². The molecule has 1 N–H and O–H groups in total. The van der Waals surface area contributed by atoms with E-state index in [-0.39, 0.29) is 29.5 Å². The summed E-state index contributed by atoms with van der Waals surface area (Å²) >= 11 is 0. The van der Waals surface area contributed by atoms with E-state index in [0.717, 1.165) is 35.1 Å². The van der Waals surface area contributed by atoms with Gasteiger partial charge in [0.25, 0.3) is 5.91 Å². The molecule has 2 aromatic carbocycles. The Labute approximate surface area is 254 Å². The number of carbonyl (C=O) groups excluding carboxylic acids is 4. The summed E-state index contributed by atoms with van der Waals surface area (Å²) in [5.74, 6) is -1.21. The molecular formula is C34H33N3O7. The molecule has 0 saturated carbocycles. The highest BCUT2D eigenvalue weighted by Crippen LogP contribution is 2.47. The third-order valence-electron chi connectivity index (χ3n) is 8.24. The van der Waals surface area contributed by atoms with Crippen molar-refractivity contribution in [3.63, 3.8) is 0 Å². The van der Waals surface area contributed by atoms with Crippen molar-refractivity contribution in [3.8, 4) is 11.3 Å². The van der Waals surface area contributed by atoms with Crippen LogP contribution in [0.2, 0.25) is 0 Å². The van der Waals surface area contributed by atoms with Gasteiger partial charge >= 0.3 is 11.9 Å². The number of hydrogen-bond donors (Lipinski definition) is 1. The number of aryl methyl sites for hydroxylation is 1. The van der Waals surface area contributed by atoms with E-state index in [1.54, 1.807) is 24.3 Å². The number of esters is 2. The number of nitrogens with zero attached hydrogens (tertiary/aromatic N) is 2. The number of carbonyl (C=O) groups is 4. The average molecular weight is 596 g/mol. The van der Waals surface area contributed by atoms with Crippen LogP contribution in [0.25, 0.3) is 22.2 Å². The molecule has 4 heterocycles. The number of ether oxygens (including phenoxy) is 2. The molecule has 226 valence electrons. The van der Waals surface area contributed by atoms with Crippen molar-refractivity contribution in [3.05, 3.63) is 88.4 Å². The Hall–Kier alpha value is -5.12. The zero-order valence-electron chi connectivity index (χ0n) is 25.2. The molecule has 6 rings (SSSR count). The maximum Gasteiger partial charge on any atom is 0.337 e. The number of imide groups is 1. The molecule has 44 heavy (non-hydrogen) atoms. The summed E-state index contributed by atoms with van der Waals surface area (Å²) in [5, 5.41) is 4.46. The molecule has 0 fully saturated rings. The number of furan rings is 1. The standard InChI is InChI=1S/C34H33N3O7/c1-18(2)11-12-36-16-23-29-24(7-6-8-26(29)36)35-25-17-37(19(3)38)32(39)31(25)30(23)28-10-9-27(44-28)20-13-21(33(40)42-4)15-22(14-20)34(41)43-5/h6-10,13-16,18,30,35H,11-12,17H2,1-5H3/t30-/m0/s1. The summed E-state index contributed by atoms with van der Waals surface area (Å²) in [6.07, 6.45) is 3.05. The SMILES string of the molecule is COC(=O)c1cc(C(=O)OC)cc(-c2ccc([C@H]3C4=C(CN(C(C)=O)C4=O)Nc4cccc5c4c3cn5CCC(C)C)o2)c1. The van der Waals surface area contributed by atoms with E-state index in [1.807, 2.05) is 12.1 Å². The molecule has 2 aliphatic rings. The lowest BCUT2D eigenvalue weighted by molar-refractivity contribution is -0.139. The third kappa shape index (κ3) is 4.86. The molecule has 0 bridgehead atoms. The molecule has 0 radical (unpaired) electrons. The molecule has 10 nitrogen and oxygen atoms in total. The Morgan fingerprint density at radius 3 is 2.36 bits per heavy atom. The average Bonchev–Trinajstić information content (AvgIpc) is 3.70. The maximum atomic E-state index is 13.8. The topological polar surface area (TPSA) is 120 Å². The minimum Gasteiger partial charge on any atom is -0.465 e. The second-order valence-corrected chi connectivity index (χ2v) is 11.5. The van der Waals surface area contributed by atoms with Gasteiger partial charge in [-0.2, -0.15) is 0 Å². The Bertz CT molecular complexity index is 1840. The summed E-state index contributed by atoms with van der Waals surface area (Å²) < 4.78 is 18.5. The Kier molecular flexibility index (Phi) is 7.36. The van der Waals surface area contributed by atoms with E-state index in [9.17, 15) is 19.2 Å². The second-order valence-electron chi connectivity index (χ2n) is 11.5. The molecule has 1 atom stereocenters. The van der Waals surface area contributed by atoms with E-state index >= 15 is 0 Å². The van der Waals surface area contributed by atoms with Crippen molar-refractivity contribution in [2.75, 3.05) is 26.1 Å². The van der Waals surface area contributed by atoms with Crippen LogP contribution in [0, 0.1) is 5.92 Å². The minimum absolute atomic E-state index is 0.130. The van der Waals surface area contributed by atoms with Crippen LogP contribution in [0.4, 0.5) is 5.69 Å². The third-order valence-corrected chi connectivity index (χ3v) is 8.24. The van der Waals surface area contributed by atoms with Crippen LogP contribution in [0.3, 0.4) is 0 Å². The number of nitrogens with one attached hydrogen (secondary N) is 1. The first-order valence-corrected chi connectivity index (χ1v) is 14.5. The molecule has 0 spiro atoms. The van der Waals surface area contributed by atoms with Gasteiger partial charge in [0.15, 0.2) is 0 Å². The first kappa shape index (κ1) is 29.0. The zero-order chi connectivity index (χ0) is 31.3. The van der Waals surface area contributed by atoms with E-state index in [1.165, 1.54) is 32.1 Å². The fraction of sp³-hybridized carbons (Fsp3) is 0.294. The summed E-state index contributed by atoms with van der Waals surface area (Å²) in [6.45, 7) is 6.67. The van der Waals surface area contributed by atoms with Gasteiger partial charge in [-0.3, -0.25) is 14.5 Å². The molecule has 2 aromatic heterocycles. The summed E-state index contributed by atoms with van der Waals surface area (Å²) in [4.78, 5) is 52.4. The molecule has 0 saturated heterocycles. The maximum absolute atomic E-state index is 13.8. The van der Waals surface area contributed by atoms with Gasteiger partial charge < -0.3 is 23.8 Å². The molecule has 0 unspecified atom stereocenters. The number of methoxy groups -OCH3 is 2. The monoisotopic (exact) mass is 595 g/mol. The van der Waals surface area contributed by atoms with Crippen molar-refractivity contribution < 1.29 is 33.1 Å². The van der Waals surface area contributed by atoms with E-state index < -0.39 is 17.9 Å². The molecule has 2 amide bonds. The number of aromatic nitrogens is 1. The molecule has 10 heteroatoms. The van der Waals surface area contributed by atoms with E-state index in [4.69, 9.17) is 13.9 Å². The molecular weight excluding hydrogens is 562 g/mol. The Balaban J connectivity index is 1.53. The predicted molar refractivity (Wildman–Crippen MR) is 163 cm³/mol. The zero-order valence-corrected chi connectivity index (χ0v) is 25.2. The largest absolute Gasteiger partial charge is 0.465 e. The molecule has 2 aliphatic heterocycles. The van der Waals surface area contributed by atoms with Crippen LogP contribution < -0.4 is 5.32 Å².